The zero-order valence-corrected chi connectivity index (χ0v) is 8.31. The van der Waals surface area contributed by atoms with Gasteiger partial charge in [0, 0.05) is 0 Å². The van der Waals surface area contributed by atoms with Gasteiger partial charge in [-0.15, -0.1) is 0 Å². The van der Waals surface area contributed by atoms with Gasteiger partial charge in [0.2, 0.25) is 0 Å². The minimum Gasteiger partial charge on any atom is -0.347 e. The van der Waals surface area contributed by atoms with E-state index in [4.69, 9.17) is 15.5 Å². The minimum absolute atomic E-state index is 0.778. The predicted molar refractivity (Wildman–Crippen MR) is 33.9 cm³/mol. The molecule has 38 valence electrons. The Kier molecular flexibility index (Phi) is 16.0. The molecule has 0 aromatic rings. The molecule has 0 atom stereocenters. The van der Waals surface area contributed by atoms with Crippen LogP contribution in [0.2, 0.25) is 0 Å². The van der Waals surface area contributed by atoms with E-state index < -0.39 is 7.30 Å². The fourth-order valence-electron chi connectivity index (χ4n) is 0. The molecule has 0 heterocycles. The van der Waals surface area contributed by atoms with E-state index in [0.29, 0.717) is 0 Å². The first kappa shape index (κ1) is 10.2. The van der Waals surface area contributed by atoms with E-state index in [1.165, 1.54) is 0 Å². The Balaban J connectivity index is 0. The summed E-state index contributed by atoms with van der Waals surface area (Å²) < 4.78 is 9.16. The summed E-state index contributed by atoms with van der Waals surface area (Å²) in [6.07, 6.45) is 0. The molecule has 0 rings (SSSR count). The van der Waals surface area contributed by atoms with Crippen molar-refractivity contribution in [2.24, 2.45) is 0 Å². The first-order valence-electron chi connectivity index (χ1n) is 0.960. The average molecular weight is 182 g/mol. The van der Waals surface area contributed by atoms with Gasteiger partial charge in [-0.2, -0.15) is 11.1 Å². The van der Waals surface area contributed by atoms with Gasteiger partial charge in [-0.05, 0) is 0 Å². The van der Waals surface area contributed by atoms with Crippen molar-refractivity contribution in [3.8, 4) is 0 Å². The summed E-state index contributed by atoms with van der Waals surface area (Å²) in [5.74, 6) is 0. The molecule has 0 unspecified atom stereocenters. The van der Waals surface area contributed by atoms with E-state index in [9.17, 15) is 0 Å². The molecule has 0 aliphatic heterocycles. The lowest BCUT2D eigenvalue weighted by Gasteiger charge is -1.43. The second-order valence-corrected chi connectivity index (χ2v) is 3.32. The smallest absolute Gasteiger partial charge is 0.347 e. The third kappa shape index (κ3) is 70.6. The van der Waals surface area contributed by atoms with Crippen molar-refractivity contribution in [3.05, 3.63) is 0 Å². The second kappa shape index (κ2) is 9.44. The fourth-order valence-corrected chi connectivity index (χ4v) is 0. The van der Waals surface area contributed by atoms with Gasteiger partial charge < -0.3 is 4.46 Å². The van der Waals surface area contributed by atoms with Crippen molar-refractivity contribution >= 4 is 50.1 Å². The molecule has 0 saturated heterocycles. The Morgan fingerprint density at radius 2 is 1.33 bits per heavy atom. The van der Waals surface area contributed by atoms with E-state index in [2.05, 4.69) is 22.2 Å². The van der Waals surface area contributed by atoms with Crippen LogP contribution in [0.3, 0.4) is 0 Å². The summed E-state index contributed by atoms with van der Waals surface area (Å²) >= 11 is 14.0. The Labute approximate surface area is 54.8 Å². The monoisotopic (exact) mass is 180 g/mol. The molecule has 0 radical (unpaired) electrons. The number of hydrogen-bond donors (Lipinski definition) is 0. The van der Waals surface area contributed by atoms with E-state index in [1.54, 1.807) is 0 Å². The van der Waals surface area contributed by atoms with E-state index in [0.717, 1.165) is 9.55 Å². The van der Waals surface area contributed by atoms with Crippen LogP contribution < -0.4 is 0 Å². The average Bonchev–Trinajstić information content (AvgIpc) is 1.41. The summed E-state index contributed by atoms with van der Waals surface area (Å²) in [5, 5.41) is 0. The van der Waals surface area contributed by atoms with Crippen LogP contribution in [0, 0.1) is 0 Å². The molecule has 6 heteroatoms. The zero-order valence-electron chi connectivity index (χ0n) is 3.04. The summed E-state index contributed by atoms with van der Waals surface area (Å²) in [7, 11) is -1.41. The van der Waals surface area contributed by atoms with Gasteiger partial charge in [0.05, 0.1) is 0 Å². The molecule has 6 heavy (non-hydrogen) atoms. The van der Waals surface area contributed by atoms with Crippen LogP contribution in [0.1, 0.15) is 0 Å². The maximum absolute atomic E-state index is 9.16. The van der Waals surface area contributed by atoms with Gasteiger partial charge in [0.15, 0.2) is 0 Å². The topological polar surface area (TPSA) is 17.1 Å². The normalized spacial score (nSPS) is 5.83. The lowest BCUT2D eigenvalue weighted by molar-refractivity contribution is 0.582. The van der Waals surface area contributed by atoms with Crippen LogP contribution in [0.4, 0.5) is 0 Å². The Morgan fingerprint density at radius 3 is 1.33 bits per heavy atom. The van der Waals surface area contributed by atoms with Gasteiger partial charge >= 0.3 is 7.30 Å². The van der Waals surface area contributed by atoms with Crippen LogP contribution in [-0.2, 0) is 4.46 Å². The quantitative estimate of drug-likeness (QED) is 0.390. The largest absolute Gasteiger partial charge is 0.493 e. The molecule has 0 amide bonds. The van der Waals surface area contributed by atoms with E-state index in [-0.39, 0.29) is 0 Å². The summed E-state index contributed by atoms with van der Waals surface area (Å²) in [6.45, 7) is 0. The lowest BCUT2D eigenvalue weighted by Crippen LogP contribution is -1.59. The predicted octanol–water partition coefficient (Wildman–Crippen LogP) is 0.385. The first-order chi connectivity index (χ1) is 2.73. The number of halogens is 3. The highest BCUT2D eigenvalue weighted by Gasteiger charge is 1.80. The number of hydrogen-bond acceptors (Lipinski definition) is 1. The molecule has 0 fully saturated rings. The highest BCUT2D eigenvalue weighted by Crippen LogP contribution is 1.76. The first-order valence-corrected chi connectivity index (χ1v) is 7.42. The van der Waals surface area contributed by atoms with Crippen LogP contribution in [-0.4, -0.2) is 16.9 Å². The van der Waals surface area contributed by atoms with Gasteiger partial charge in [-0.25, -0.2) is 0 Å². The molecule has 0 bridgehead atoms. The second-order valence-electron chi connectivity index (χ2n) is 0.226. The SMILES string of the molecule is O=[Si](Cl)Cl.[SiH3]Cl. The Morgan fingerprint density at radius 1 is 1.33 bits per heavy atom. The maximum Gasteiger partial charge on any atom is 0.493 e. The third-order valence-electron chi connectivity index (χ3n) is 0. The number of rotatable bonds is 0. The Hall–Kier alpha value is 1.10. The van der Waals surface area contributed by atoms with Crippen LogP contribution in [0.25, 0.3) is 0 Å². The van der Waals surface area contributed by atoms with Crippen molar-refractivity contribution in [2.45, 2.75) is 0 Å². The lowest BCUT2D eigenvalue weighted by atomic mass is 16.0. The van der Waals surface area contributed by atoms with Crippen molar-refractivity contribution in [2.75, 3.05) is 0 Å². The molecule has 1 nitrogen and oxygen atoms in total. The molecule has 0 N–H and O–H groups in total. The van der Waals surface area contributed by atoms with Gasteiger partial charge in [-0.1, -0.05) is 22.2 Å². The highest BCUT2D eigenvalue weighted by atomic mass is 35.7. The summed E-state index contributed by atoms with van der Waals surface area (Å²) in [6, 6.07) is 0. The molecule has 0 aromatic carbocycles. The highest BCUT2D eigenvalue weighted by molar-refractivity contribution is 7.26. The van der Waals surface area contributed by atoms with Crippen molar-refractivity contribution in [3.63, 3.8) is 0 Å². The maximum atomic E-state index is 9.16. The molecular weight excluding hydrogens is 179 g/mol. The van der Waals surface area contributed by atoms with Gasteiger partial charge in [-0.3, -0.25) is 0 Å². The summed E-state index contributed by atoms with van der Waals surface area (Å²) in [5.41, 5.74) is 0. The third-order valence-corrected chi connectivity index (χ3v) is 0. The molecular formula is H3Cl3OSi2. The van der Waals surface area contributed by atoms with Crippen molar-refractivity contribution in [1.29, 1.82) is 0 Å². The molecule has 0 aliphatic carbocycles. The van der Waals surface area contributed by atoms with Crippen molar-refractivity contribution in [1.82, 2.24) is 0 Å². The van der Waals surface area contributed by atoms with E-state index >= 15 is 0 Å². The van der Waals surface area contributed by atoms with E-state index in [1.807, 2.05) is 0 Å². The van der Waals surface area contributed by atoms with Gasteiger partial charge in [0.25, 0.3) is 0 Å². The van der Waals surface area contributed by atoms with Crippen molar-refractivity contribution < 1.29 is 4.46 Å². The van der Waals surface area contributed by atoms with Crippen LogP contribution in [0.5, 0.6) is 0 Å². The molecule has 0 saturated carbocycles. The minimum atomic E-state index is -2.19. The molecule has 0 spiro atoms. The molecule has 0 aromatic heterocycles. The van der Waals surface area contributed by atoms with Gasteiger partial charge in [0.1, 0.15) is 9.55 Å². The van der Waals surface area contributed by atoms with Crippen LogP contribution >= 0.6 is 33.2 Å². The van der Waals surface area contributed by atoms with Crippen LogP contribution in [0.15, 0.2) is 0 Å². The summed E-state index contributed by atoms with van der Waals surface area (Å²) in [4.78, 5) is 0. The molecule has 0 aliphatic rings. The zero-order chi connectivity index (χ0) is 5.58. The fraction of sp³-hybridized carbons (Fsp3) is 0. The Bertz CT molecular complexity index is 31.8. The standard InChI is InChI=1S/Cl2OSi.ClH3Si/c1-4(2)3;1-2/h;2H3.